The first-order chi connectivity index (χ1) is 21.0. The number of unbranched alkanes of at least 4 members (excludes halogenated alkanes) is 2. The molecule has 3 aromatic rings. The van der Waals surface area contributed by atoms with Crippen molar-refractivity contribution < 1.29 is 28.5 Å². The molecule has 2 saturated heterocycles. The fourth-order valence-corrected chi connectivity index (χ4v) is 4.84. The van der Waals surface area contributed by atoms with Crippen LogP contribution >= 0.6 is 0 Å². The molecule has 4 unspecified atom stereocenters. The van der Waals surface area contributed by atoms with E-state index in [0.717, 1.165) is 23.4 Å². The Morgan fingerprint density at radius 2 is 1.88 bits per heavy atom. The summed E-state index contributed by atoms with van der Waals surface area (Å²) in [6, 6.07) is 13.0. The van der Waals surface area contributed by atoms with Gasteiger partial charge in [0.25, 0.3) is 0 Å². The topological polar surface area (TPSA) is 177 Å². The number of nitrogen functional groups attached to an aromatic ring is 1. The van der Waals surface area contributed by atoms with E-state index in [1.165, 1.54) is 12.5 Å². The van der Waals surface area contributed by atoms with Gasteiger partial charge in [-0.05, 0) is 30.2 Å². The van der Waals surface area contributed by atoms with Gasteiger partial charge in [-0.15, -0.1) is 0 Å². The van der Waals surface area contributed by atoms with Crippen LogP contribution in [-0.4, -0.2) is 64.6 Å². The van der Waals surface area contributed by atoms with Gasteiger partial charge in [0.1, 0.15) is 36.9 Å². The molecule has 5 rings (SSSR count). The summed E-state index contributed by atoms with van der Waals surface area (Å²) >= 11 is 0. The van der Waals surface area contributed by atoms with E-state index in [0.29, 0.717) is 18.3 Å². The van der Waals surface area contributed by atoms with Crippen LogP contribution in [0.25, 0.3) is 6.08 Å². The zero-order chi connectivity index (χ0) is 30.2. The summed E-state index contributed by atoms with van der Waals surface area (Å²) in [5.74, 6) is 6.26. The first kappa shape index (κ1) is 30.0. The normalized spacial score (nSPS) is 22.8. The van der Waals surface area contributed by atoms with E-state index in [9.17, 15) is 9.59 Å². The predicted octanol–water partition coefficient (Wildman–Crippen LogP) is 3.09. The standard InChI is InChI=1S/C30H35N7O6/c1-2-3-5-12-22(39)37(32)28-24(31)27(34-18-35-28)36-30-26-25(42-23(43-26)14-13-19-9-6-4-7-10-19)21(41-30)17-40-29-20(16-38)11-8-15-33-29/h4,6-11,13-16,18,21,23,25-26,30H,2-3,5,12,17,31-32H2,1H3,(H,34,35,36)/b14-13+/t21?,23-,25?,26?,30?/m0/s1. The number of carbonyl (C=O) groups excluding carboxylic acids is 2. The lowest BCUT2D eigenvalue weighted by Gasteiger charge is -2.23. The number of rotatable bonds is 13. The zero-order valence-electron chi connectivity index (χ0n) is 23.7. The van der Waals surface area contributed by atoms with E-state index >= 15 is 0 Å². The fourth-order valence-electron chi connectivity index (χ4n) is 4.84. The number of nitrogens with zero attached hydrogens (tertiary/aromatic N) is 4. The number of carbonyl (C=O) groups is 2. The minimum atomic E-state index is -0.764. The Morgan fingerprint density at radius 1 is 1.07 bits per heavy atom. The van der Waals surface area contributed by atoms with Crippen LogP contribution < -0.4 is 26.6 Å². The van der Waals surface area contributed by atoms with E-state index in [1.807, 2.05) is 42.5 Å². The summed E-state index contributed by atoms with van der Waals surface area (Å²) in [6.45, 7) is 2.09. The highest BCUT2D eigenvalue weighted by atomic mass is 16.8. The van der Waals surface area contributed by atoms with Crippen LogP contribution in [0.3, 0.4) is 0 Å². The van der Waals surface area contributed by atoms with Gasteiger partial charge in [-0.2, -0.15) is 0 Å². The van der Waals surface area contributed by atoms with Gasteiger partial charge in [-0.1, -0.05) is 56.2 Å². The van der Waals surface area contributed by atoms with E-state index in [-0.39, 0.29) is 42.1 Å². The Kier molecular flexibility index (Phi) is 9.89. The number of nitrogens with one attached hydrogen (secondary N) is 1. The summed E-state index contributed by atoms with van der Waals surface area (Å²) in [4.78, 5) is 36.6. The number of hydrogen-bond donors (Lipinski definition) is 3. The molecule has 5 atom stereocenters. The number of aromatic nitrogens is 3. The summed E-state index contributed by atoms with van der Waals surface area (Å²) in [6.07, 6.45) is 6.93. The van der Waals surface area contributed by atoms with Gasteiger partial charge in [-0.25, -0.2) is 25.8 Å². The van der Waals surface area contributed by atoms with Crippen molar-refractivity contribution in [1.82, 2.24) is 15.0 Å². The molecule has 0 aliphatic carbocycles. The second kappa shape index (κ2) is 14.2. The van der Waals surface area contributed by atoms with Crippen molar-refractivity contribution in [2.45, 2.75) is 63.4 Å². The molecule has 2 aromatic heterocycles. The molecule has 4 heterocycles. The van der Waals surface area contributed by atoms with E-state index in [4.69, 9.17) is 30.5 Å². The van der Waals surface area contributed by atoms with Crippen molar-refractivity contribution >= 4 is 35.6 Å². The van der Waals surface area contributed by atoms with Crippen molar-refractivity contribution in [3.8, 4) is 5.88 Å². The lowest BCUT2D eigenvalue weighted by molar-refractivity contribution is -0.118. The third-order valence-corrected chi connectivity index (χ3v) is 7.08. The maximum Gasteiger partial charge on any atom is 0.242 e. The Labute approximate surface area is 249 Å². The molecule has 2 fully saturated rings. The average molecular weight is 590 g/mol. The Bertz CT molecular complexity index is 1430. The Hall–Kier alpha value is -4.43. The molecule has 0 spiro atoms. The highest BCUT2D eigenvalue weighted by Crippen LogP contribution is 2.37. The number of amides is 1. The zero-order valence-corrected chi connectivity index (χ0v) is 23.7. The molecule has 2 aliphatic heterocycles. The molecule has 1 amide bonds. The molecule has 5 N–H and O–H groups in total. The number of pyridine rings is 1. The van der Waals surface area contributed by atoms with Crippen molar-refractivity contribution in [1.29, 1.82) is 0 Å². The highest BCUT2D eigenvalue weighted by molar-refractivity contribution is 5.95. The quantitative estimate of drug-likeness (QED) is 0.0874. The van der Waals surface area contributed by atoms with Crippen LogP contribution in [0.2, 0.25) is 0 Å². The lowest BCUT2D eigenvalue weighted by atomic mass is 10.1. The summed E-state index contributed by atoms with van der Waals surface area (Å²) in [7, 11) is 0. The average Bonchev–Trinajstić information content (AvgIpc) is 3.60. The number of hydrogen-bond acceptors (Lipinski definition) is 12. The second-order valence-corrected chi connectivity index (χ2v) is 10.1. The number of nitrogens with two attached hydrogens (primary N) is 2. The van der Waals surface area contributed by atoms with Crippen molar-refractivity contribution in [3.63, 3.8) is 0 Å². The first-order valence-corrected chi connectivity index (χ1v) is 14.2. The number of ether oxygens (including phenoxy) is 4. The van der Waals surface area contributed by atoms with Gasteiger partial charge in [0, 0.05) is 12.6 Å². The molecule has 2 aliphatic rings. The number of fused-ring (bicyclic) bond motifs is 1. The van der Waals surface area contributed by atoms with Crippen LogP contribution in [0.1, 0.15) is 48.5 Å². The van der Waals surface area contributed by atoms with E-state index in [2.05, 4.69) is 27.2 Å². The third-order valence-electron chi connectivity index (χ3n) is 7.08. The van der Waals surface area contributed by atoms with Crippen LogP contribution in [0.5, 0.6) is 5.88 Å². The molecule has 0 saturated carbocycles. The fraction of sp³-hybridized carbons (Fsp3) is 0.367. The van der Waals surface area contributed by atoms with E-state index < -0.39 is 30.8 Å². The largest absolute Gasteiger partial charge is 0.474 e. The molecule has 13 nitrogen and oxygen atoms in total. The third kappa shape index (κ3) is 7.14. The Balaban J connectivity index is 1.33. The number of aldehydes is 1. The number of anilines is 3. The first-order valence-electron chi connectivity index (χ1n) is 14.2. The van der Waals surface area contributed by atoms with Gasteiger partial charge in [-0.3, -0.25) is 9.59 Å². The van der Waals surface area contributed by atoms with Gasteiger partial charge in [0.05, 0.1) is 5.56 Å². The highest BCUT2D eigenvalue weighted by Gasteiger charge is 2.53. The van der Waals surface area contributed by atoms with Crippen molar-refractivity contribution in [2.75, 3.05) is 22.7 Å². The maximum absolute atomic E-state index is 12.6. The monoisotopic (exact) mass is 589 g/mol. The van der Waals surface area contributed by atoms with Gasteiger partial charge in [0.2, 0.25) is 11.8 Å². The molecule has 43 heavy (non-hydrogen) atoms. The molecule has 0 bridgehead atoms. The van der Waals surface area contributed by atoms with Crippen LogP contribution in [0.4, 0.5) is 17.3 Å². The van der Waals surface area contributed by atoms with E-state index in [1.54, 1.807) is 12.1 Å². The SMILES string of the molecule is CCCCCC(=O)N(N)c1ncnc(NC2OC(COc3ncccc3C=O)C3O[C@H](/C=C/c4ccccc4)OC23)c1N. The molecule has 1 aromatic carbocycles. The molecular formula is C30H35N7O6. The molecule has 226 valence electrons. The van der Waals surface area contributed by atoms with Gasteiger partial charge < -0.3 is 30.0 Å². The minimum Gasteiger partial charge on any atom is -0.474 e. The maximum atomic E-state index is 12.6. The van der Waals surface area contributed by atoms with Crippen molar-refractivity contribution in [2.24, 2.45) is 5.84 Å². The molecular weight excluding hydrogens is 554 g/mol. The van der Waals surface area contributed by atoms with Crippen LogP contribution in [-0.2, 0) is 19.0 Å². The van der Waals surface area contributed by atoms with Crippen molar-refractivity contribution in [3.05, 3.63) is 72.2 Å². The van der Waals surface area contributed by atoms with Gasteiger partial charge in [0.15, 0.2) is 30.4 Å². The lowest BCUT2D eigenvalue weighted by Crippen LogP contribution is -2.39. The van der Waals surface area contributed by atoms with Gasteiger partial charge >= 0.3 is 0 Å². The second-order valence-electron chi connectivity index (χ2n) is 10.1. The number of hydrazine groups is 1. The number of benzene rings is 1. The predicted molar refractivity (Wildman–Crippen MR) is 159 cm³/mol. The summed E-state index contributed by atoms with van der Waals surface area (Å²) < 4.78 is 24.6. The van der Waals surface area contributed by atoms with Crippen LogP contribution in [0.15, 0.2) is 61.1 Å². The summed E-state index contributed by atoms with van der Waals surface area (Å²) in [5.41, 5.74) is 7.75. The summed E-state index contributed by atoms with van der Waals surface area (Å²) in [5, 5.41) is 4.11. The van der Waals surface area contributed by atoms with Crippen LogP contribution in [0, 0.1) is 0 Å². The molecule has 0 radical (unpaired) electrons. The smallest absolute Gasteiger partial charge is 0.242 e. The Morgan fingerprint density at radius 3 is 2.67 bits per heavy atom. The molecule has 13 heteroatoms. The minimum absolute atomic E-state index is 0.0308.